The zero-order chi connectivity index (χ0) is 10.1. The maximum absolute atomic E-state index is 11.3. The molecule has 0 aliphatic rings. The summed E-state index contributed by atoms with van der Waals surface area (Å²) < 4.78 is 0. The smallest absolute Gasteiger partial charge is 0.267 e. The largest absolute Gasteiger partial charge is 0.359 e. The topological polar surface area (TPSA) is 70.9 Å². The predicted octanol–water partition coefficient (Wildman–Crippen LogP) is 1.42. The molecule has 2 aromatic rings. The lowest BCUT2D eigenvalue weighted by molar-refractivity contribution is 0.0955. The molecule has 4 nitrogen and oxygen atoms in total. The molecule has 0 spiro atoms. The van der Waals surface area contributed by atoms with E-state index in [0.717, 1.165) is 10.9 Å². The number of para-hydroxylation sites is 1. The molecular formula is C9H8ClN3O. The highest BCUT2D eigenvalue weighted by atomic mass is 35.5. The predicted molar refractivity (Wildman–Crippen MR) is 55.0 cm³/mol. The zero-order valence-electron chi connectivity index (χ0n) is 7.17. The van der Waals surface area contributed by atoms with E-state index in [1.165, 1.54) is 0 Å². The summed E-state index contributed by atoms with van der Waals surface area (Å²) in [4.78, 5) is 14.2. The molecule has 5 heteroatoms. The van der Waals surface area contributed by atoms with Crippen LogP contribution < -0.4 is 11.3 Å². The number of fused-ring (bicyclic) bond motifs is 1. The molecule has 4 N–H and O–H groups in total. The third-order valence-corrected chi connectivity index (χ3v) is 2.36. The van der Waals surface area contributed by atoms with Crippen LogP contribution in [-0.2, 0) is 0 Å². The SMILES string of the molecule is NNC(=O)c1c[nH]c2c(Cl)cccc12. The number of halogens is 1. The number of carbonyl (C=O) groups is 1. The second-order valence-electron chi connectivity index (χ2n) is 2.84. The number of nitrogen functional groups attached to an aromatic ring is 1. The van der Waals surface area contributed by atoms with Gasteiger partial charge in [-0.1, -0.05) is 23.7 Å². The van der Waals surface area contributed by atoms with E-state index in [1.54, 1.807) is 18.3 Å². The van der Waals surface area contributed by atoms with E-state index in [1.807, 2.05) is 6.07 Å². The Morgan fingerprint density at radius 3 is 3.00 bits per heavy atom. The van der Waals surface area contributed by atoms with Crippen molar-refractivity contribution >= 4 is 28.4 Å². The molecule has 0 atom stereocenters. The van der Waals surface area contributed by atoms with Gasteiger partial charge in [0.05, 0.1) is 16.1 Å². The number of hydrazine groups is 1. The van der Waals surface area contributed by atoms with E-state index in [4.69, 9.17) is 17.4 Å². The standard InChI is InChI=1S/C9H8ClN3O/c10-7-3-1-2-5-6(9(14)13-11)4-12-8(5)7/h1-4,12H,11H2,(H,13,14). The lowest BCUT2D eigenvalue weighted by atomic mass is 10.2. The second-order valence-corrected chi connectivity index (χ2v) is 3.25. The molecule has 0 unspecified atom stereocenters. The van der Waals surface area contributed by atoms with E-state index in [0.29, 0.717) is 10.6 Å². The number of nitrogens with one attached hydrogen (secondary N) is 2. The van der Waals surface area contributed by atoms with Crippen molar-refractivity contribution < 1.29 is 4.79 Å². The molecule has 1 heterocycles. The first-order valence-electron chi connectivity index (χ1n) is 4.00. The molecule has 2 rings (SSSR count). The van der Waals surface area contributed by atoms with Gasteiger partial charge in [0.25, 0.3) is 5.91 Å². The highest BCUT2D eigenvalue weighted by Gasteiger charge is 2.11. The lowest BCUT2D eigenvalue weighted by Crippen LogP contribution is -2.29. The van der Waals surface area contributed by atoms with Crippen LogP contribution in [0.1, 0.15) is 10.4 Å². The van der Waals surface area contributed by atoms with Gasteiger partial charge < -0.3 is 4.98 Å². The molecule has 0 radical (unpaired) electrons. The van der Waals surface area contributed by atoms with Crippen LogP contribution in [0.5, 0.6) is 0 Å². The number of H-pyrrole nitrogens is 1. The van der Waals surface area contributed by atoms with Gasteiger partial charge in [-0.05, 0) is 6.07 Å². The summed E-state index contributed by atoms with van der Waals surface area (Å²) in [6.07, 6.45) is 1.58. The number of nitrogens with two attached hydrogens (primary N) is 1. The average molecular weight is 210 g/mol. The molecule has 0 saturated heterocycles. The van der Waals surface area contributed by atoms with Gasteiger partial charge in [-0.3, -0.25) is 10.2 Å². The van der Waals surface area contributed by atoms with E-state index in [9.17, 15) is 4.79 Å². The summed E-state index contributed by atoms with van der Waals surface area (Å²) in [5.41, 5.74) is 3.31. The molecule has 1 aromatic carbocycles. The first-order chi connectivity index (χ1) is 6.74. The number of amides is 1. The third kappa shape index (κ3) is 1.25. The van der Waals surface area contributed by atoms with Gasteiger partial charge in [-0.25, -0.2) is 5.84 Å². The molecule has 1 amide bonds. The van der Waals surface area contributed by atoms with Gasteiger partial charge in [0, 0.05) is 11.6 Å². The van der Waals surface area contributed by atoms with E-state index < -0.39 is 0 Å². The zero-order valence-corrected chi connectivity index (χ0v) is 7.93. The highest BCUT2D eigenvalue weighted by molar-refractivity contribution is 6.35. The quantitative estimate of drug-likeness (QED) is 0.378. The summed E-state index contributed by atoms with van der Waals surface area (Å²) >= 11 is 5.92. The molecule has 0 saturated carbocycles. The fraction of sp³-hybridized carbons (Fsp3) is 0. The van der Waals surface area contributed by atoms with Crippen molar-refractivity contribution in [2.24, 2.45) is 5.84 Å². The monoisotopic (exact) mass is 209 g/mol. The normalized spacial score (nSPS) is 10.4. The Morgan fingerprint density at radius 2 is 2.29 bits per heavy atom. The Hall–Kier alpha value is -1.52. The Bertz CT molecular complexity index is 492. The van der Waals surface area contributed by atoms with Crippen LogP contribution in [0.4, 0.5) is 0 Å². The Kier molecular flexibility index (Phi) is 2.15. The van der Waals surface area contributed by atoms with Crippen LogP contribution >= 0.6 is 11.6 Å². The molecule has 72 valence electrons. The second kappa shape index (κ2) is 3.32. The highest BCUT2D eigenvalue weighted by Crippen LogP contribution is 2.24. The number of hydrogen-bond acceptors (Lipinski definition) is 2. The fourth-order valence-corrected chi connectivity index (χ4v) is 1.61. The van der Waals surface area contributed by atoms with Gasteiger partial charge in [0.15, 0.2) is 0 Å². The molecule has 0 fully saturated rings. The maximum atomic E-state index is 11.3. The summed E-state index contributed by atoms with van der Waals surface area (Å²) in [5.74, 6) is 4.71. The minimum atomic E-state index is -0.335. The van der Waals surface area contributed by atoms with Crippen molar-refractivity contribution in [3.8, 4) is 0 Å². The van der Waals surface area contributed by atoms with Crippen molar-refractivity contribution in [2.45, 2.75) is 0 Å². The minimum Gasteiger partial charge on any atom is -0.359 e. The molecular weight excluding hydrogens is 202 g/mol. The van der Waals surface area contributed by atoms with Crippen molar-refractivity contribution in [3.05, 3.63) is 35.0 Å². The van der Waals surface area contributed by atoms with Gasteiger partial charge in [0.2, 0.25) is 0 Å². The first kappa shape index (κ1) is 9.05. The molecule has 14 heavy (non-hydrogen) atoms. The number of aromatic nitrogens is 1. The van der Waals surface area contributed by atoms with Gasteiger partial charge in [-0.2, -0.15) is 0 Å². The number of benzene rings is 1. The van der Waals surface area contributed by atoms with Crippen LogP contribution in [0.2, 0.25) is 5.02 Å². The van der Waals surface area contributed by atoms with E-state index >= 15 is 0 Å². The third-order valence-electron chi connectivity index (χ3n) is 2.04. The molecule has 1 aromatic heterocycles. The fourth-order valence-electron chi connectivity index (χ4n) is 1.38. The van der Waals surface area contributed by atoms with Crippen LogP contribution in [0.15, 0.2) is 24.4 Å². The summed E-state index contributed by atoms with van der Waals surface area (Å²) in [7, 11) is 0. The van der Waals surface area contributed by atoms with Gasteiger partial charge in [0.1, 0.15) is 0 Å². The van der Waals surface area contributed by atoms with Gasteiger partial charge in [-0.15, -0.1) is 0 Å². The molecule has 0 aliphatic heterocycles. The van der Waals surface area contributed by atoms with Gasteiger partial charge >= 0.3 is 0 Å². The summed E-state index contributed by atoms with van der Waals surface area (Å²) in [6.45, 7) is 0. The molecule has 0 bridgehead atoms. The number of aromatic amines is 1. The van der Waals surface area contributed by atoms with E-state index in [-0.39, 0.29) is 5.91 Å². The molecule has 0 aliphatic carbocycles. The van der Waals surface area contributed by atoms with E-state index in [2.05, 4.69) is 10.4 Å². The van der Waals surface area contributed by atoms with Crippen LogP contribution in [0, 0.1) is 0 Å². The maximum Gasteiger partial charge on any atom is 0.267 e. The first-order valence-corrected chi connectivity index (χ1v) is 4.38. The lowest BCUT2D eigenvalue weighted by Gasteiger charge is -1.97. The Labute approximate surface area is 85.0 Å². The van der Waals surface area contributed by atoms with Crippen LogP contribution in [0.3, 0.4) is 0 Å². The van der Waals surface area contributed by atoms with Crippen molar-refractivity contribution in [1.82, 2.24) is 10.4 Å². The minimum absolute atomic E-state index is 0.335. The van der Waals surface area contributed by atoms with Crippen molar-refractivity contribution in [2.75, 3.05) is 0 Å². The average Bonchev–Trinajstić information content (AvgIpc) is 2.62. The van der Waals surface area contributed by atoms with Crippen LogP contribution in [0.25, 0.3) is 10.9 Å². The number of carbonyl (C=O) groups excluding carboxylic acids is 1. The Morgan fingerprint density at radius 1 is 1.50 bits per heavy atom. The number of rotatable bonds is 1. The Balaban J connectivity index is 2.70. The van der Waals surface area contributed by atoms with Crippen LogP contribution in [-0.4, -0.2) is 10.9 Å². The van der Waals surface area contributed by atoms with Crippen molar-refractivity contribution in [3.63, 3.8) is 0 Å². The summed E-state index contributed by atoms with van der Waals surface area (Å²) in [5, 5.41) is 1.35. The van der Waals surface area contributed by atoms with Crippen molar-refractivity contribution in [1.29, 1.82) is 0 Å². The summed E-state index contributed by atoms with van der Waals surface area (Å²) in [6, 6.07) is 5.35. The number of hydrogen-bond donors (Lipinski definition) is 3.